The van der Waals surface area contributed by atoms with Crippen LogP contribution in [0.5, 0.6) is 0 Å². The first kappa shape index (κ1) is 29.9. The summed E-state index contributed by atoms with van der Waals surface area (Å²) >= 11 is 12.6. The summed E-state index contributed by atoms with van der Waals surface area (Å²) < 4.78 is 20.9. The highest BCUT2D eigenvalue weighted by Gasteiger charge is 2.65. The number of ether oxygens (including phenoxy) is 1. The van der Waals surface area contributed by atoms with Gasteiger partial charge in [-0.25, -0.2) is 14.0 Å². The van der Waals surface area contributed by atoms with Gasteiger partial charge in [0.05, 0.1) is 23.2 Å². The Balaban J connectivity index is 1.64. The Hall–Kier alpha value is -3.62. The van der Waals surface area contributed by atoms with Crippen molar-refractivity contribution < 1.29 is 23.5 Å². The molecule has 3 aromatic carbocycles. The molecule has 220 valence electrons. The van der Waals surface area contributed by atoms with Crippen LogP contribution in [0.15, 0.2) is 60.7 Å². The Morgan fingerprint density at radius 3 is 2.50 bits per heavy atom. The van der Waals surface area contributed by atoms with Crippen LogP contribution >= 0.6 is 23.2 Å². The summed E-state index contributed by atoms with van der Waals surface area (Å²) in [6.45, 7) is 8.35. The lowest BCUT2D eigenvalue weighted by molar-refractivity contribution is -0.123. The van der Waals surface area contributed by atoms with E-state index in [2.05, 4.69) is 31.4 Å². The summed E-state index contributed by atoms with van der Waals surface area (Å²) in [7, 11) is 0. The van der Waals surface area contributed by atoms with E-state index in [4.69, 9.17) is 27.9 Å². The monoisotopic (exact) mass is 611 g/mol. The van der Waals surface area contributed by atoms with Crippen LogP contribution in [0, 0.1) is 17.2 Å². The van der Waals surface area contributed by atoms with E-state index in [9.17, 15) is 14.4 Å². The van der Waals surface area contributed by atoms with E-state index in [1.807, 2.05) is 0 Å². The second-order valence-corrected chi connectivity index (χ2v) is 12.7. The highest BCUT2D eigenvalue weighted by molar-refractivity contribution is 6.31. The maximum absolute atomic E-state index is 15.9. The van der Waals surface area contributed by atoms with Crippen molar-refractivity contribution in [2.75, 3.05) is 23.8 Å². The van der Waals surface area contributed by atoms with E-state index in [1.165, 1.54) is 11.0 Å². The first-order valence-electron chi connectivity index (χ1n) is 13.8. The largest absolute Gasteiger partial charge is 0.462 e. The maximum atomic E-state index is 15.9. The van der Waals surface area contributed by atoms with Crippen LogP contribution in [-0.4, -0.2) is 36.0 Å². The van der Waals surface area contributed by atoms with Gasteiger partial charge in [0.25, 0.3) is 0 Å². The highest BCUT2D eigenvalue weighted by atomic mass is 35.5. The van der Waals surface area contributed by atoms with Gasteiger partial charge in [-0.2, -0.15) is 0 Å². The van der Waals surface area contributed by atoms with E-state index in [-0.39, 0.29) is 41.0 Å². The standard InChI is InChI=1S/C32H32Cl2FN3O4/c1-5-42-28(39)18-9-12-21(13-10-18)36-30(41)38-17-19(16-31(2,3)4)32(27(38)22-7-6-8-24(34)26(22)35)23-14-11-20(33)15-25(23)37-29(32)40/h6-15,19,27H,5,16-17H2,1-4H3,(H,36,41)(H,37,40)/t19-,27-,32+/m1/s1. The smallest absolute Gasteiger partial charge is 0.338 e. The molecule has 0 saturated carbocycles. The van der Waals surface area contributed by atoms with Crippen molar-refractivity contribution in [3.8, 4) is 0 Å². The Morgan fingerprint density at radius 2 is 1.83 bits per heavy atom. The number of nitrogens with one attached hydrogen (secondary N) is 2. The summed E-state index contributed by atoms with van der Waals surface area (Å²) in [5.41, 5.74) is 0.570. The quantitative estimate of drug-likeness (QED) is 0.288. The fraction of sp³-hybridized carbons (Fsp3) is 0.344. The van der Waals surface area contributed by atoms with E-state index in [0.717, 1.165) is 0 Å². The molecule has 0 aliphatic carbocycles. The molecule has 2 heterocycles. The van der Waals surface area contributed by atoms with Gasteiger partial charge < -0.3 is 20.3 Å². The lowest BCUT2D eigenvalue weighted by atomic mass is 9.63. The van der Waals surface area contributed by atoms with Crippen LogP contribution in [0.25, 0.3) is 0 Å². The van der Waals surface area contributed by atoms with E-state index in [0.29, 0.717) is 33.9 Å². The minimum Gasteiger partial charge on any atom is -0.462 e. The van der Waals surface area contributed by atoms with Crippen LogP contribution in [0.4, 0.5) is 20.6 Å². The molecule has 2 N–H and O–H groups in total. The molecule has 0 aromatic heterocycles. The molecule has 2 aliphatic heterocycles. The van der Waals surface area contributed by atoms with Crippen LogP contribution in [-0.2, 0) is 14.9 Å². The number of benzene rings is 3. The second-order valence-electron chi connectivity index (χ2n) is 11.9. The van der Waals surface area contributed by atoms with E-state index in [1.54, 1.807) is 61.5 Å². The van der Waals surface area contributed by atoms with Crippen molar-refractivity contribution in [2.24, 2.45) is 11.3 Å². The zero-order chi connectivity index (χ0) is 30.4. The fourth-order valence-electron chi connectivity index (χ4n) is 6.37. The third kappa shape index (κ3) is 5.22. The Bertz CT molecular complexity index is 1560. The van der Waals surface area contributed by atoms with Gasteiger partial charge in [-0.05, 0) is 72.7 Å². The van der Waals surface area contributed by atoms with Crippen LogP contribution in [0.3, 0.4) is 0 Å². The molecule has 3 amide bonds. The predicted octanol–water partition coefficient (Wildman–Crippen LogP) is 7.84. The van der Waals surface area contributed by atoms with Crippen molar-refractivity contribution in [2.45, 2.75) is 45.6 Å². The number of amides is 3. The molecule has 5 rings (SSSR count). The van der Waals surface area contributed by atoms with Gasteiger partial charge >= 0.3 is 12.0 Å². The molecule has 0 radical (unpaired) electrons. The highest BCUT2D eigenvalue weighted by Crippen LogP contribution is 2.60. The lowest BCUT2D eigenvalue weighted by Crippen LogP contribution is -2.47. The summed E-state index contributed by atoms with van der Waals surface area (Å²) in [5.74, 6) is -1.86. The number of rotatable bonds is 5. The lowest BCUT2D eigenvalue weighted by Gasteiger charge is -2.38. The van der Waals surface area contributed by atoms with E-state index < -0.39 is 29.3 Å². The first-order valence-corrected chi connectivity index (χ1v) is 14.5. The number of nitrogens with zero attached hydrogens (tertiary/aromatic N) is 1. The predicted molar refractivity (Wildman–Crippen MR) is 162 cm³/mol. The van der Waals surface area contributed by atoms with Crippen molar-refractivity contribution in [1.29, 1.82) is 0 Å². The molecule has 0 bridgehead atoms. The number of fused-ring (bicyclic) bond motifs is 2. The van der Waals surface area contributed by atoms with Gasteiger partial charge in [-0.3, -0.25) is 4.79 Å². The first-order chi connectivity index (χ1) is 19.9. The molecular formula is C32H32Cl2FN3O4. The number of urea groups is 1. The van der Waals surface area contributed by atoms with Crippen LogP contribution < -0.4 is 10.6 Å². The molecule has 10 heteroatoms. The third-order valence-corrected chi connectivity index (χ3v) is 8.43. The SMILES string of the molecule is CCOC(=O)c1ccc(NC(=O)N2C[C@@H](CC(C)(C)C)[C@@]3(C(=O)Nc4cc(Cl)ccc43)[C@H]2c2cccc(Cl)c2F)cc1. The molecule has 7 nitrogen and oxygen atoms in total. The Morgan fingerprint density at radius 1 is 1.12 bits per heavy atom. The van der Waals surface area contributed by atoms with Gasteiger partial charge in [0.15, 0.2) is 0 Å². The number of likely N-dealkylation sites (tertiary alicyclic amines) is 1. The van der Waals surface area contributed by atoms with Crippen LogP contribution in [0.1, 0.15) is 61.6 Å². The van der Waals surface area contributed by atoms with Crippen LogP contribution in [0.2, 0.25) is 10.0 Å². The van der Waals surface area contributed by atoms with Crippen molar-refractivity contribution in [3.63, 3.8) is 0 Å². The zero-order valence-electron chi connectivity index (χ0n) is 23.8. The molecule has 3 aromatic rings. The van der Waals surface area contributed by atoms with Gasteiger partial charge in [0.2, 0.25) is 5.91 Å². The number of hydrogen-bond donors (Lipinski definition) is 2. The number of esters is 1. The number of carbonyl (C=O) groups excluding carboxylic acids is 3. The second kappa shape index (κ2) is 11.2. The van der Waals surface area contributed by atoms with Gasteiger partial charge in [-0.15, -0.1) is 0 Å². The third-order valence-electron chi connectivity index (χ3n) is 7.90. The number of anilines is 2. The fourth-order valence-corrected chi connectivity index (χ4v) is 6.72. The normalized spacial score (nSPS) is 21.3. The zero-order valence-corrected chi connectivity index (χ0v) is 25.3. The van der Waals surface area contributed by atoms with E-state index >= 15 is 4.39 Å². The molecule has 2 aliphatic rings. The Labute approximate surface area is 254 Å². The number of hydrogen-bond acceptors (Lipinski definition) is 4. The Kier molecular flexibility index (Phi) is 7.98. The molecule has 42 heavy (non-hydrogen) atoms. The summed E-state index contributed by atoms with van der Waals surface area (Å²) in [4.78, 5) is 41.9. The minimum atomic E-state index is -1.32. The van der Waals surface area contributed by atoms with Crippen molar-refractivity contribution in [1.82, 2.24) is 4.90 Å². The summed E-state index contributed by atoms with van der Waals surface area (Å²) in [6, 6.07) is 14.6. The van der Waals surface area contributed by atoms with Gasteiger partial charge in [-0.1, -0.05) is 62.2 Å². The summed E-state index contributed by atoms with van der Waals surface area (Å²) in [5, 5.41) is 6.20. The average Bonchev–Trinajstić information content (AvgIpc) is 3.39. The van der Waals surface area contributed by atoms with Crippen molar-refractivity contribution >= 4 is 52.5 Å². The van der Waals surface area contributed by atoms with Crippen molar-refractivity contribution in [3.05, 3.63) is 93.2 Å². The molecule has 0 unspecified atom stereocenters. The summed E-state index contributed by atoms with van der Waals surface area (Å²) in [6.07, 6.45) is 0.569. The molecule has 1 fully saturated rings. The molecule has 1 spiro atoms. The molecule has 1 saturated heterocycles. The molecule has 3 atom stereocenters. The average molecular weight is 613 g/mol. The minimum absolute atomic E-state index is 0.105. The topological polar surface area (TPSA) is 87.7 Å². The maximum Gasteiger partial charge on any atom is 0.338 e. The van der Waals surface area contributed by atoms with Gasteiger partial charge in [0.1, 0.15) is 11.2 Å². The van der Waals surface area contributed by atoms with Gasteiger partial charge in [0, 0.05) is 28.5 Å². The number of halogens is 3. The number of carbonyl (C=O) groups is 3. The molecular weight excluding hydrogens is 580 g/mol.